The van der Waals surface area contributed by atoms with Gasteiger partial charge in [-0.25, -0.2) is 14.6 Å². The van der Waals surface area contributed by atoms with Crippen molar-refractivity contribution in [3.05, 3.63) is 79.8 Å². The van der Waals surface area contributed by atoms with Crippen LogP contribution in [0.25, 0.3) is 11.0 Å². The molecule has 8 nitrogen and oxygen atoms in total. The lowest BCUT2D eigenvalue weighted by Gasteiger charge is -2.33. The second-order valence-corrected chi connectivity index (χ2v) is 7.94. The number of nitrogens with one attached hydrogen (secondary N) is 2. The number of rotatable bonds is 6. The summed E-state index contributed by atoms with van der Waals surface area (Å²) in [6.45, 7) is 5.31. The maximum atomic E-state index is 8.08. The predicted molar refractivity (Wildman–Crippen MR) is 129 cm³/mol. The Kier molecular flexibility index (Phi) is 5.72. The zero-order chi connectivity index (χ0) is 22.6. The highest BCUT2D eigenvalue weighted by molar-refractivity contribution is 5.90. The Morgan fingerprint density at radius 1 is 1.09 bits per heavy atom. The molecule has 8 heteroatoms. The van der Waals surface area contributed by atoms with Crippen LogP contribution in [0.1, 0.15) is 18.9 Å². The van der Waals surface area contributed by atoms with Gasteiger partial charge in [-0.15, -0.1) is 0 Å². The molecule has 2 N–H and O–H groups in total. The summed E-state index contributed by atoms with van der Waals surface area (Å²) < 4.78 is 7.83. The molecule has 0 radical (unpaired) electrons. The molecule has 0 bridgehead atoms. The van der Waals surface area contributed by atoms with Crippen LogP contribution in [-0.4, -0.2) is 43.6 Å². The number of hydrogen-bond donors (Lipinski definition) is 2. The minimum Gasteiger partial charge on any atom is -0.457 e. The molecule has 1 atom stereocenters. The van der Waals surface area contributed by atoms with Gasteiger partial charge in [0.05, 0.1) is 17.6 Å². The molecule has 1 saturated heterocycles. The van der Waals surface area contributed by atoms with Gasteiger partial charge in [0.1, 0.15) is 29.5 Å². The second-order valence-electron chi connectivity index (χ2n) is 7.94. The fraction of sp³-hybridized carbons (Fsp3) is 0.200. The number of anilines is 2. The topological polar surface area (TPSA) is 92.0 Å². The normalized spacial score (nSPS) is 15.9. The van der Waals surface area contributed by atoms with Crippen LogP contribution in [0, 0.1) is 5.41 Å². The van der Waals surface area contributed by atoms with Gasteiger partial charge in [-0.05, 0) is 55.3 Å². The van der Waals surface area contributed by atoms with Crippen LogP contribution in [0.2, 0.25) is 0 Å². The van der Waals surface area contributed by atoms with Crippen LogP contribution in [0.5, 0.6) is 11.5 Å². The standard InChI is InChI=1S/C25H25N7O/c1-2-23(26)31-14-6-7-19(16-31)32-25-22(15-29-32)24(27-17-28-25)30-18-10-12-21(13-11-18)33-20-8-4-3-5-9-20/h2-5,8-13,15,17,19,26H,1,6-7,14,16H2,(H,27,28,30). The zero-order valence-corrected chi connectivity index (χ0v) is 18.2. The summed E-state index contributed by atoms with van der Waals surface area (Å²) in [4.78, 5) is 11.0. The lowest BCUT2D eigenvalue weighted by atomic mass is 10.1. The average Bonchev–Trinajstić information content (AvgIpc) is 3.31. The number of benzene rings is 2. The predicted octanol–water partition coefficient (Wildman–Crippen LogP) is 5.16. The van der Waals surface area contributed by atoms with Gasteiger partial charge in [0.15, 0.2) is 5.65 Å². The molecule has 33 heavy (non-hydrogen) atoms. The summed E-state index contributed by atoms with van der Waals surface area (Å²) in [7, 11) is 0. The first-order valence-corrected chi connectivity index (χ1v) is 11.0. The maximum absolute atomic E-state index is 8.08. The number of amidine groups is 1. The van der Waals surface area contributed by atoms with Crippen molar-refractivity contribution in [2.24, 2.45) is 0 Å². The Morgan fingerprint density at radius 3 is 2.67 bits per heavy atom. The number of piperidine rings is 1. The molecule has 4 aromatic rings. The highest BCUT2D eigenvalue weighted by atomic mass is 16.5. The number of likely N-dealkylation sites (tertiary alicyclic amines) is 1. The van der Waals surface area contributed by atoms with Crippen molar-refractivity contribution in [3.8, 4) is 11.5 Å². The van der Waals surface area contributed by atoms with Crippen LogP contribution >= 0.6 is 0 Å². The molecular formula is C25H25N7O. The summed E-state index contributed by atoms with van der Waals surface area (Å²) in [6, 6.07) is 17.6. The van der Waals surface area contributed by atoms with E-state index in [1.807, 2.05) is 70.4 Å². The van der Waals surface area contributed by atoms with Crippen molar-refractivity contribution in [2.75, 3.05) is 18.4 Å². The Hall–Kier alpha value is -4.20. The Labute approximate surface area is 192 Å². The largest absolute Gasteiger partial charge is 0.457 e. The summed E-state index contributed by atoms with van der Waals surface area (Å²) in [6.07, 6.45) is 6.94. The van der Waals surface area contributed by atoms with Gasteiger partial charge in [-0.2, -0.15) is 5.10 Å². The maximum Gasteiger partial charge on any atom is 0.163 e. The molecule has 0 aliphatic carbocycles. The van der Waals surface area contributed by atoms with E-state index < -0.39 is 0 Å². The van der Waals surface area contributed by atoms with Gasteiger partial charge in [0.2, 0.25) is 0 Å². The molecule has 166 valence electrons. The van der Waals surface area contributed by atoms with Gasteiger partial charge in [0.25, 0.3) is 0 Å². The minimum atomic E-state index is 0.147. The van der Waals surface area contributed by atoms with Crippen molar-refractivity contribution in [2.45, 2.75) is 18.9 Å². The highest BCUT2D eigenvalue weighted by Crippen LogP contribution is 2.29. The summed E-state index contributed by atoms with van der Waals surface area (Å²) in [5, 5.41) is 16.9. The first-order chi connectivity index (χ1) is 16.2. The minimum absolute atomic E-state index is 0.147. The molecular weight excluding hydrogens is 414 g/mol. The van der Waals surface area contributed by atoms with Crippen molar-refractivity contribution < 1.29 is 4.74 Å². The van der Waals surface area contributed by atoms with Crippen LogP contribution < -0.4 is 10.1 Å². The van der Waals surface area contributed by atoms with Crippen molar-refractivity contribution in [1.29, 1.82) is 5.41 Å². The van der Waals surface area contributed by atoms with Crippen LogP contribution in [-0.2, 0) is 0 Å². The van der Waals surface area contributed by atoms with E-state index in [0.29, 0.717) is 11.7 Å². The smallest absolute Gasteiger partial charge is 0.163 e. The number of aromatic nitrogens is 4. The molecule has 0 spiro atoms. The Morgan fingerprint density at radius 2 is 1.88 bits per heavy atom. The molecule has 1 unspecified atom stereocenters. The summed E-state index contributed by atoms with van der Waals surface area (Å²) in [5.74, 6) is 2.72. The summed E-state index contributed by atoms with van der Waals surface area (Å²) >= 11 is 0. The fourth-order valence-corrected chi connectivity index (χ4v) is 4.10. The van der Waals surface area contributed by atoms with Crippen molar-refractivity contribution in [1.82, 2.24) is 24.6 Å². The molecule has 2 aromatic heterocycles. The van der Waals surface area contributed by atoms with Gasteiger partial charge >= 0.3 is 0 Å². The van der Waals surface area contributed by atoms with E-state index in [9.17, 15) is 0 Å². The van der Waals surface area contributed by atoms with Crippen molar-refractivity contribution in [3.63, 3.8) is 0 Å². The lowest BCUT2D eigenvalue weighted by molar-refractivity contribution is 0.249. The zero-order valence-electron chi connectivity index (χ0n) is 18.2. The SMILES string of the molecule is C=CC(=N)N1CCCC(n2ncc3c(Nc4ccc(Oc5ccccc5)cc4)ncnc32)C1. The Balaban J connectivity index is 1.34. The molecule has 0 saturated carbocycles. The van der Waals surface area contributed by atoms with Crippen LogP contribution in [0.15, 0.2) is 79.8 Å². The molecule has 1 aliphatic rings. The van der Waals surface area contributed by atoms with E-state index in [-0.39, 0.29) is 6.04 Å². The monoisotopic (exact) mass is 439 g/mol. The van der Waals surface area contributed by atoms with Gasteiger partial charge < -0.3 is 15.0 Å². The van der Waals surface area contributed by atoms with E-state index in [0.717, 1.165) is 54.2 Å². The fourth-order valence-electron chi connectivity index (χ4n) is 4.10. The van der Waals surface area contributed by atoms with Gasteiger partial charge in [0, 0.05) is 18.8 Å². The molecule has 1 aliphatic heterocycles. The van der Waals surface area contributed by atoms with E-state index in [4.69, 9.17) is 10.1 Å². The third-order valence-electron chi connectivity index (χ3n) is 5.76. The lowest BCUT2D eigenvalue weighted by Crippen LogP contribution is -2.39. The average molecular weight is 440 g/mol. The molecule has 5 rings (SSSR count). The van der Waals surface area contributed by atoms with E-state index in [1.54, 1.807) is 12.4 Å². The summed E-state index contributed by atoms with van der Waals surface area (Å²) in [5.41, 5.74) is 1.68. The van der Waals surface area contributed by atoms with E-state index in [1.165, 1.54) is 0 Å². The van der Waals surface area contributed by atoms with E-state index >= 15 is 0 Å². The van der Waals surface area contributed by atoms with E-state index in [2.05, 4.69) is 27.0 Å². The van der Waals surface area contributed by atoms with Gasteiger partial charge in [-0.1, -0.05) is 24.8 Å². The first-order valence-electron chi connectivity index (χ1n) is 11.0. The third kappa shape index (κ3) is 4.41. The number of hydrogen-bond acceptors (Lipinski definition) is 6. The van der Waals surface area contributed by atoms with Gasteiger partial charge in [-0.3, -0.25) is 5.41 Å². The molecule has 0 amide bonds. The molecule has 2 aromatic carbocycles. The number of ether oxygens (including phenoxy) is 1. The van der Waals surface area contributed by atoms with Crippen molar-refractivity contribution >= 4 is 28.4 Å². The molecule has 3 heterocycles. The number of para-hydroxylation sites is 1. The van der Waals surface area contributed by atoms with Crippen LogP contribution in [0.4, 0.5) is 11.5 Å². The first kappa shape index (κ1) is 20.7. The number of nitrogens with zero attached hydrogens (tertiary/aromatic N) is 5. The second kappa shape index (κ2) is 9.12. The quantitative estimate of drug-likeness (QED) is 0.318. The third-order valence-corrected chi connectivity index (χ3v) is 5.76. The highest BCUT2D eigenvalue weighted by Gasteiger charge is 2.25. The Bertz CT molecular complexity index is 1270. The van der Waals surface area contributed by atoms with Crippen LogP contribution in [0.3, 0.4) is 0 Å². The number of fused-ring (bicyclic) bond motifs is 1. The molecule has 1 fully saturated rings.